The number of benzene rings is 1. The third-order valence-corrected chi connectivity index (χ3v) is 4.85. The van der Waals surface area contributed by atoms with Crippen LogP contribution in [0.3, 0.4) is 0 Å². The maximum Gasteiger partial charge on any atom is 0.306 e. The molecule has 21 heavy (non-hydrogen) atoms. The van der Waals surface area contributed by atoms with E-state index in [0.29, 0.717) is 19.3 Å². The lowest BCUT2D eigenvalue weighted by atomic mass is 9.88. The van der Waals surface area contributed by atoms with Crippen molar-refractivity contribution in [3.63, 3.8) is 0 Å². The predicted molar refractivity (Wildman–Crippen MR) is 78.9 cm³/mol. The van der Waals surface area contributed by atoms with E-state index < -0.39 is 5.97 Å². The molecule has 1 aromatic rings. The Hall–Kier alpha value is -1.84. The van der Waals surface area contributed by atoms with Gasteiger partial charge in [-0.2, -0.15) is 0 Å². The standard InChI is InChI=1S/C17H21NO3/c19-16(13-5-6-14(9-13)17(20)21)18-15-8-7-11-3-1-2-4-12(11)10-15/h1-4,13-15H,5-10H2,(H,18,19)(H,20,21)/t13-,14+,15?/m1/s1. The van der Waals surface area contributed by atoms with Crippen LogP contribution in [-0.4, -0.2) is 23.0 Å². The van der Waals surface area contributed by atoms with Crippen LogP contribution in [0.15, 0.2) is 24.3 Å². The van der Waals surface area contributed by atoms with E-state index in [1.165, 1.54) is 11.1 Å². The molecular weight excluding hydrogens is 266 g/mol. The summed E-state index contributed by atoms with van der Waals surface area (Å²) in [6, 6.07) is 8.57. The molecular formula is C17H21NO3. The zero-order valence-electron chi connectivity index (χ0n) is 12.0. The maximum atomic E-state index is 12.3. The van der Waals surface area contributed by atoms with E-state index in [4.69, 9.17) is 5.11 Å². The van der Waals surface area contributed by atoms with E-state index in [0.717, 1.165) is 19.3 Å². The fraction of sp³-hybridized carbons (Fsp3) is 0.529. The molecule has 0 aliphatic heterocycles. The molecule has 3 rings (SSSR count). The van der Waals surface area contributed by atoms with Crippen LogP contribution >= 0.6 is 0 Å². The van der Waals surface area contributed by atoms with Gasteiger partial charge in [0.2, 0.25) is 5.91 Å². The van der Waals surface area contributed by atoms with Crippen LogP contribution in [0.25, 0.3) is 0 Å². The predicted octanol–water partition coefficient (Wildman–Crippen LogP) is 2.16. The highest BCUT2D eigenvalue weighted by Gasteiger charge is 2.34. The third-order valence-electron chi connectivity index (χ3n) is 4.85. The van der Waals surface area contributed by atoms with Gasteiger partial charge in [0.1, 0.15) is 0 Å². The molecule has 1 saturated carbocycles. The van der Waals surface area contributed by atoms with E-state index in [1.54, 1.807) is 0 Å². The summed E-state index contributed by atoms with van der Waals surface area (Å²) < 4.78 is 0. The van der Waals surface area contributed by atoms with Crippen LogP contribution in [0.5, 0.6) is 0 Å². The molecule has 1 aromatic carbocycles. The normalized spacial score (nSPS) is 27.9. The monoisotopic (exact) mass is 287 g/mol. The Balaban J connectivity index is 1.56. The van der Waals surface area contributed by atoms with Crippen molar-refractivity contribution in [3.05, 3.63) is 35.4 Å². The van der Waals surface area contributed by atoms with Crippen molar-refractivity contribution >= 4 is 11.9 Å². The van der Waals surface area contributed by atoms with Crippen molar-refractivity contribution < 1.29 is 14.7 Å². The lowest BCUT2D eigenvalue weighted by Crippen LogP contribution is -2.41. The third kappa shape index (κ3) is 3.09. The molecule has 2 N–H and O–H groups in total. The summed E-state index contributed by atoms with van der Waals surface area (Å²) in [5.41, 5.74) is 2.71. The van der Waals surface area contributed by atoms with Crippen molar-refractivity contribution in [2.75, 3.05) is 0 Å². The SMILES string of the molecule is O=C(O)[C@H]1CC[C@@H](C(=O)NC2CCc3ccccc3C2)C1. The second kappa shape index (κ2) is 5.88. The molecule has 1 amide bonds. The summed E-state index contributed by atoms with van der Waals surface area (Å²) in [7, 11) is 0. The van der Waals surface area contributed by atoms with Crippen molar-refractivity contribution in [1.82, 2.24) is 5.32 Å². The molecule has 0 aromatic heterocycles. The van der Waals surface area contributed by atoms with Gasteiger partial charge < -0.3 is 10.4 Å². The highest BCUT2D eigenvalue weighted by molar-refractivity contribution is 5.81. The van der Waals surface area contributed by atoms with E-state index >= 15 is 0 Å². The van der Waals surface area contributed by atoms with E-state index in [1.807, 2.05) is 6.07 Å². The summed E-state index contributed by atoms with van der Waals surface area (Å²) >= 11 is 0. The van der Waals surface area contributed by atoms with Crippen LogP contribution in [0.4, 0.5) is 0 Å². The van der Waals surface area contributed by atoms with Crippen molar-refractivity contribution in [2.45, 2.75) is 44.6 Å². The molecule has 0 heterocycles. The number of fused-ring (bicyclic) bond motifs is 1. The lowest BCUT2D eigenvalue weighted by molar-refractivity contribution is -0.141. The number of nitrogens with one attached hydrogen (secondary N) is 1. The molecule has 0 saturated heterocycles. The topological polar surface area (TPSA) is 66.4 Å². The summed E-state index contributed by atoms with van der Waals surface area (Å²) in [6.07, 6.45) is 4.68. The molecule has 0 spiro atoms. The van der Waals surface area contributed by atoms with Gasteiger partial charge in [0, 0.05) is 12.0 Å². The van der Waals surface area contributed by atoms with E-state index in [-0.39, 0.29) is 23.8 Å². The van der Waals surface area contributed by atoms with Gasteiger partial charge in [-0.15, -0.1) is 0 Å². The van der Waals surface area contributed by atoms with Crippen molar-refractivity contribution in [1.29, 1.82) is 0 Å². The quantitative estimate of drug-likeness (QED) is 0.895. The first kappa shape index (κ1) is 14.1. The molecule has 3 atom stereocenters. The largest absolute Gasteiger partial charge is 0.481 e. The van der Waals surface area contributed by atoms with Crippen molar-refractivity contribution in [3.8, 4) is 0 Å². The maximum absolute atomic E-state index is 12.3. The molecule has 1 fully saturated rings. The number of amides is 1. The van der Waals surface area contributed by atoms with Gasteiger partial charge in [-0.25, -0.2) is 0 Å². The lowest BCUT2D eigenvalue weighted by Gasteiger charge is -2.26. The van der Waals surface area contributed by atoms with Gasteiger partial charge in [-0.05, 0) is 49.7 Å². The first-order valence-electron chi connectivity index (χ1n) is 7.73. The minimum absolute atomic E-state index is 0.0446. The minimum Gasteiger partial charge on any atom is -0.481 e. The van der Waals surface area contributed by atoms with Gasteiger partial charge in [0.15, 0.2) is 0 Å². The Bertz CT molecular complexity index is 555. The number of hydrogen-bond acceptors (Lipinski definition) is 2. The van der Waals surface area contributed by atoms with Gasteiger partial charge in [-0.1, -0.05) is 24.3 Å². The number of rotatable bonds is 3. The molecule has 4 heteroatoms. The second-order valence-corrected chi connectivity index (χ2v) is 6.26. The number of carboxylic acids is 1. The zero-order chi connectivity index (χ0) is 14.8. The highest BCUT2D eigenvalue weighted by atomic mass is 16.4. The average molecular weight is 287 g/mol. The van der Waals surface area contributed by atoms with Crippen LogP contribution in [0, 0.1) is 11.8 Å². The number of aliphatic carboxylic acids is 1. The van der Waals surface area contributed by atoms with Crippen LogP contribution in [0.1, 0.15) is 36.8 Å². The second-order valence-electron chi connectivity index (χ2n) is 6.26. The Morgan fingerprint density at radius 2 is 1.76 bits per heavy atom. The number of carbonyl (C=O) groups is 2. The Labute approximate surface area is 124 Å². The van der Waals surface area contributed by atoms with Gasteiger partial charge in [0.05, 0.1) is 5.92 Å². The summed E-state index contributed by atoms with van der Waals surface area (Å²) in [5, 5.41) is 12.1. The minimum atomic E-state index is -0.767. The molecule has 1 unspecified atom stereocenters. The summed E-state index contributed by atoms with van der Waals surface area (Å²) in [5.74, 6) is -1.18. The first-order chi connectivity index (χ1) is 10.1. The molecule has 2 aliphatic carbocycles. The smallest absolute Gasteiger partial charge is 0.306 e. The van der Waals surface area contributed by atoms with E-state index in [2.05, 4.69) is 23.5 Å². The number of hydrogen-bond donors (Lipinski definition) is 2. The molecule has 0 bridgehead atoms. The summed E-state index contributed by atoms with van der Waals surface area (Å²) in [4.78, 5) is 23.3. The molecule has 0 radical (unpaired) electrons. The zero-order valence-corrected chi connectivity index (χ0v) is 12.0. The molecule has 4 nitrogen and oxygen atoms in total. The number of aryl methyl sites for hydroxylation is 1. The molecule has 2 aliphatic rings. The number of carbonyl (C=O) groups excluding carboxylic acids is 1. The summed E-state index contributed by atoms with van der Waals surface area (Å²) in [6.45, 7) is 0. The fourth-order valence-electron chi connectivity index (χ4n) is 3.58. The highest BCUT2D eigenvalue weighted by Crippen LogP contribution is 2.31. The van der Waals surface area contributed by atoms with E-state index in [9.17, 15) is 9.59 Å². The van der Waals surface area contributed by atoms with Gasteiger partial charge in [0.25, 0.3) is 0 Å². The van der Waals surface area contributed by atoms with Gasteiger partial charge >= 0.3 is 5.97 Å². The van der Waals surface area contributed by atoms with Crippen LogP contribution in [-0.2, 0) is 22.4 Å². The van der Waals surface area contributed by atoms with Gasteiger partial charge in [-0.3, -0.25) is 9.59 Å². The molecule has 112 valence electrons. The van der Waals surface area contributed by atoms with Crippen LogP contribution < -0.4 is 5.32 Å². The first-order valence-corrected chi connectivity index (χ1v) is 7.73. The Morgan fingerprint density at radius 3 is 2.48 bits per heavy atom. The van der Waals surface area contributed by atoms with Crippen LogP contribution in [0.2, 0.25) is 0 Å². The average Bonchev–Trinajstić information content (AvgIpc) is 2.97. The fourth-order valence-corrected chi connectivity index (χ4v) is 3.58. The van der Waals surface area contributed by atoms with Crippen molar-refractivity contribution in [2.24, 2.45) is 11.8 Å². The number of carboxylic acid groups (broad SMARTS) is 1. The Kier molecular flexibility index (Phi) is 3.95. The Morgan fingerprint density at radius 1 is 1.05 bits per heavy atom.